The van der Waals surface area contributed by atoms with E-state index >= 15 is 0 Å². The Balaban J connectivity index is 1.79. The van der Waals surface area contributed by atoms with Crippen molar-refractivity contribution in [3.63, 3.8) is 0 Å². The zero-order valence-electron chi connectivity index (χ0n) is 15.5. The van der Waals surface area contributed by atoms with E-state index in [0.717, 1.165) is 53.4 Å². The fourth-order valence-electron chi connectivity index (χ4n) is 3.02. The topological polar surface area (TPSA) is 76.1 Å². The van der Waals surface area contributed by atoms with E-state index in [1.807, 2.05) is 48.5 Å². The van der Waals surface area contributed by atoms with Gasteiger partial charge in [0, 0.05) is 22.7 Å². The standard InChI is InChI=1S/C20H32N5/c1-3-14-25(2,15-12-23-19-8-4-17(21)5-9-19)16-13-24-20-10-6-18(22)7-11-20/h4-11,23-24H,3,12-16,21-22H2,1-2H3/q+1. The molecule has 0 amide bonds. The molecular formula is C20H32N5+. The maximum absolute atomic E-state index is 5.73. The third-order valence-electron chi connectivity index (χ3n) is 4.55. The maximum atomic E-state index is 5.73. The van der Waals surface area contributed by atoms with Crippen molar-refractivity contribution in [2.24, 2.45) is 0 Å². The highest BCUT2D eigenvalue weighted by atomic mass is 15.3. The molecule has 0 fully saturated rings. The van der Waals surface area contributed by atoms with E-state index in [2.05, 4.69) is 24.6 Å². The van der Waals surface area contributed by atoms with Crippen LogP contribution in [0.2, 0.25) is 0 Å². The number of nitrogens with one attached hydrogen (secondary N) is 2. The van der Waals surface area contributed by atoms with Gasteiger partial charge in [-0.3, -0.25) is 0 Å². The number of hydrogen-bond acceptors (Lipinski definition) is 4. The van der Waals surface area contributed by atoms with Gasteiger partial charge in [-0.2, -0.15) is 0 Å². The van der Waals surface area contributed by atoms with Gasteiger partial charge in [-0.25, -0.2) is 0 Å². The summed E-state index contributed by atoms with van der Waals surface area (Å²) in [4.78, 5) is 0. The molecule has 25 heavy (non-hydrogen) atoms. The third kappa shape index (κ3) is 6.55. The number of nitrogen functional groups attached to an aromatic ring is 2. The first kappa shape index (κ1) is 18.9. The van der Waals surface area contributed by atoms with E-state index in [4.69, 9.17) is 11.5 Å². The molecule has 0 aromatic heterocycles. The molecule has 0 radical (unpaired) electrons. The van der Waals surface area contributed by atoms with Crippen molar-refractivity contribution in [1.82, 2.24) is 0 Å². The zero-order chi connectivity index (χ0) is 18.1. The molecule has 0 aliphatic carbocycles. The molecule has 0 saturated carbocycles. The molecular weight excluding hydrogens is 310 g/mol. The van der Waals surface area contributed by atoms with Gasteiger partial charge in [-0.1, -0.05) is 6.92 Å². The summed E-state index contributed by atoms with van der Waals surface area (Å²) in [5, 5.41) is 6.99. The molecule has 0 atom stereocenters. The molecule has 2 aromatic rings. The van der Waals surface area contributed by atoms with Crippen molar-refractivity contribution >= 4 is 22.7 Å². The highest BCUT2D eigenvalue weighted by molar-refractivity contribution is 5.51. The number of benzene rings is 2. The van der Waals surface area contributed by atoms with Crippen LogP contribution in [0.15, 0.2) is 48.5 Å². The predicted octanol–water partition coefficient (Wildman–Crippen LogP) is 3.23. The van der Waals surface area contributed by atoms with Crippen molar-refractivity contribution in [2.45, 2.75) is 13.3 Å². The van der Waals surface area contributed by atoms with Crippen molar-refractivity contribution in [3.8, 4) is 0 Å². The van der Waals surface area contributed by atoms with Crippen molar-refractivity contribution < 1.29 is 4.48 Å². The molecule has 5 nitrogen and oxygen atoms in total. The van der Waals surface area contributed by atoms with Gasteiger partial charge in [0.25, 0.3) is 0 Å². The smallest absolute Gasteiger partial charge is 0.0960 e. The Bertz CT molecular complexity index is 570. The van der Waals surface area contributed by atoms with E-state index in [1.165, 1.54) is 13.0 Å². The second-order valence-electron chi connectivity index (χ2n) is 6.89. The second kappa shape index (κ2) is 9.18. The van der Waals surface area contributed by atoms with Gasteiger partial charge in [0.15, 0.2) is 0 Å². The van der Waals surface area contributed by atoms with Gasteiger partial charge in [-0.05, 0) is 55.0 Å². The highest BCUT2D eigenvalue weighted by Crippen LogP contribution is 2.12. The van der Waals surface area contributed by atoms with Crippen LogP contribution in [-0.4, -0.2) is 44.3 Å². The molecule has 0 heterocycles. The molecule has 0 bridgehead atoms. The van der Waals surface area contributed by atoms with Crippen molar-refractivity contribution in [2.75, 3.05) is 61.9 Å². The first-order valence-corrected chi connectivity index (χ1v) is 9.03. The van der Waals surface area contributed by atoms with Crippen LogP contribution in [0.25, 0.3) is 0 Å². The average molecular weight is 343 g/mol. The average Bonchev–Trinajstić information content (AvgIpc) is 2.59. The third-order valence-corrected chi connectivity index (χ3v) is 4.55. The summed E-state index contributed by atoms with van der Waals surface area (Å²) in [6.45, 7) is 7.48. The lowest BCUT2D eigenvalue weighted by Gasteiger charge is -2.35. The van der Waals surface area contributed by atoms with Crippen LogP contribution < -0.4 is 22.1 Å². The minimum atomic E-state index is 0.797. The largest absolute Gasteiger partial charge is 0.399 e. The van der Waals surface area contributed by atoms with Gasteiger partial charge in [0.2, 0.25) is 0 Å². The molecule has 0 spiro atoms. The minimum absolute atomic E-state index is 0.797. The van der Waals surface area contributed by atoms with Crippen molar-refractivity contribution in [1.29, 1.82) is 0 Å². The Morgan fingerprint density at radius 2 is 1.12 bits per heavy atom. The zero-order valence-corrected chi connectivity index (χ0v) is 15.5. The Morgan fingerprint density at radius 1 is 0.720 bits per heavy atom. The van der Waals surface area contributed by atoms with E-state index in [0.29, 0.717) is 0 Å². The molecule has 2 aromatic carbocycles. The highest BCUT2D eigenvalue weighted by Gasteiger charge is 2.19. The molecule has 5 heteroatoms. The lowest BCUT2D eigenvalue weighted by Crippen LogP contribution is -2.50. The maximum Gasteiger partial charge on any atom is 0.0960 e. The number of likely N-dealkylation sites (N-methyl/N-ethyl adjacent to an activating group) is 1. The van der Waals surface area contributed by atoms with Crippen LogP contribution in [0, 0.1) is 0 Å². The van der Waals surface area contributed by atoms with E-state index in [1.54, 1.807) is 0 Å². The summed E-state index contributed by atoms with van der Waals surface area (Å²) in [6.07, 6.45) is 1.18. The summed E-state index contributed by atoms with van der Waals surface area (Å²) < 4.78 is 1.04. The predicted molar refractivity (Wildman–Crippen MR) is 110 cm³/mol. The van der Waals surface area contributed by atoms with Gasteiger partial charge in [-0.15, -0.1) is 0 Å². The molecule has 136 valence electrons. The summed E-state index contributed by atoms with van der Waals surface area (Å²) >= 11 is 0. The summed E-state index contributed by atoms with van der Waals surface area (Å²) in [7, 11) is 2.33. The number of quaternary nitrogens is 1. The normalized spacial score (nSPS) is 11.3. The molecule has 0 saturated heterocycles. The van der Waals surface area contributed by atoms with Crippen LogP contribution in [0.4, 0.5) is 22.7 Å². The quantitative estimate of drug-likeness (QED) is 0.395. The van der Waals surface area contributed by atoms with Crippen LogP contribution in [0.5, 0.6) is 0 Å². The molecule has 2 rings (SSSR count). The number of hydrogen-bond donors (Lipinski definition) is 4. The van der Waals surface area contributed by atoms with E-state index in [-0.39, 0.29) is 0 Å². The summed E-state index contributed by atoms with van der Waals surface area (Å²) in [6, 6.07) is 15.8. The van der Waals surface area contributed by atoms with E-state index in [9.17, 15) is 0 Å². The number of anilines is 4. The SMILES string of the molecule is CCC[N+](C)(CCNc1ccc(N)cc1)CCNc1ccc(N)cc1. The Hall–Kier alpha value is -2.40. The monoisotopic (exact) mass is 342 g/mol. The van der Waals surface area contributed by atoms with Crippen LogP contribution >= 0.6 is 0 Å². The molecule has 0 aliphatic heterocycles. The number of nitrogens with two attached hydrogens (primary N) is 2. The van der Waals surface area contributed by atoms with Gasteiger partial charge in [0.1, 0.15) is 0 Å². The summed E-state index contributed by atoms with van der Waals surface area (Å²) in [5.74, 6) is 0. The molecule has 0 aliphatic rings. The number of nitrogens with zero attached hydrogens (tertiary/aromatic N) is 1. The lowest BCUT2D eigenvalue weighted by molar-refractivity contribution is -0.906. The molecule has 0 unspecified atom stereocenters. The Labute approximate surface area is 151 Å². The summed E-state index contributed by atoms with van der Waals surface area (Å²) in [5.41, 5.74) is 15.3. The van der Waals surface area contributed by atoms with E-state index < -0.39 is 0 Å². The fraction of sp³-hybridized carbons (Fsp3) is 0.400. The lowest BCUT2D eigenvalue weighted by atomic mass is 10.2. The Kier molecular flexibility index (Phi) is 6.95. The van der Waals surface area contributed by atoms with Gasteiger partial charge in [0.05, 0.1) is 39.8 Å². The second-order valence-corrected chi connectivity index (χ2v) is 6.89. The van der Waals surface area contributed by atoms with Gasteiger partial charge >= 0.3 is 0 Å². The number of rotatable bonds is 10. The minimum Gasteiger partial charge on any atom is -0.399 e. The van der Waals surface area contributed by atoms with Crippen LogP contribution in [-0.2, 0) is 0 Å². The molecule has 6 N–H and O–H groups in total. The fourth-order valence-corrected chi connectivity index (χ4v) is 3.02. The first-order chi connectivity index (χ1) is 12.0. The first-order valence-electron chi connectivity index (χ1n) is 9.03. The van der Waals surface area contributed by atoms with Crippen molar-refractivity contribution in [3.05, 3.63) is 48.5 Å². The van der Waals surface area contributed by atoms with Crippen LogP contribution in [0.3, 0.4) is 0 Å². The van der Waals surface area contributed by atoms with Gasteiger partial charge < -0.3 is 26.6 Å². The van der Waals surface area contributed by atoms with Crippen LogP contribution in [0.1, 0.15) is 13.3 Å². The Morgan fingerprint density at radius 3 is 1.48 bits per heavy atom.